The quantitative estimate of drug-likeness (QED) is 0.646. The Morgan fingerprint density at radius 1 is 1.00 bits per heavy atom. The SMILES string of the molecule is Cc1cc(C)cc(-c2coc3ccc(Cl)cc3c2=O)c1. The molecule has 0 radical (unpaired) electrons. The van der Waals surface area contributed by atoms with E-state index in [0.29, 0.717) is 21.6 Å². The van der Waals surface area contributed by atoms with Crippen LogP contribution in [0.4, 0.5) is 0 Å². The minimum absolute atomic E-state index is 0.0567. The van der Waals surface area contributed by atoms with Gasteiger partial charge in [0.05, 0.1) is 10.9 Å². The van der Waals surface area contributed by atoms with E-state index in [2.05, 4.69) is 6.07 Å². The average molecular weight is 285 g/mol. The van der Waals surface area contributed by atoms with Gasteiger partial charge in [-0.2, -0.15) is 0 Å². The summed E-state index contributed by atoms with van der Waals surface area (Å²) in [6, 6.07) is 11.1. The standard InChI is InChI=1S/C17H13ClO2/c1-10-5-11(2)7-12(6-10)15-9-20-16-4-3-13(18)8-14(16)17(15)19/h3-9H,1-2H3. The van der Waals surface area contributed by atoms with Crippen molar-refractivity contribution in [2.24, 2.45) is 0 Å². The van der Waals surface area contributed by atoms with Crippen molar-refractivity contribution in [3.8, 4) is 11.1 Å². The molecule has 1 aromatic heterocycles. The van der Waals surface area contributed by atoms with Gasteiger partial charge in [0.1, 0.15) is 11.8 Å². The second-order valence-electron chi connectivity index (χ2n) is 5.00. The van der Waals surface area contributed by atoms with E-state index in [9.17, 15) is 4.79 Å². The molecule has 0 atom stereocenters. The number of benzene rings is 2. The zero-order valence-electron chi connectivity index (χ0n) is 11.2. The number of hydrogen-bond acceptors (Lipinski definition) is 2. The lowest BCUT2D eigenvalue weighted by Crippen LogP contribution is -2.05. The first-order valence-electron chi connectivity index (χ1n) is 6.34. The number of rotatable bonds is 1. The molecule has 3 heteroatoms. The van der Waals surface area contributed by atoms with Gasteiger partial charge in [-0.1, -0.05) is 40.9 Å². The normalized spacial score (nSPS) is 10.9. The van der Waals surface area contributed by atoms with E-state index in [1.54, 1.807) is 18.2 Å². The summed E-state index contributed by atoms with van der Waals surface area (Å²) in [5, 5.41) is 1.04. The van der Waals surface area contributed by atoms with E-state index in [1.165, 1.54) is 6.26 Å². The molecule has 1 heterocycles. The molecule has 0 aliphatic carbocycles. The molecule has 20 heavy (non-hydrogen) atoms. The van der Waals surface area contributed by atoms with Gasteiger partial charge in [-0.3, -0.25) is 4.79 Å². The Morgan fingerprint density at radius 2 is 1.70 bits per heavy atom. The van der Waals surface area contributed by atoms with Crippen LogP contribution in [-0.2, 0) is 0 Å². The third kappa shape index (κ3) is 2.23. The lowest BCUT2D eigenvalue weighted by Gasteiger charge is -2.05. The van der Waals surface area contributed by atoms with E-state index in [4.69, 9.17) is 16.0 Å². The van der Waals surface area contributed by atoms with Crippen molar-refractivity contribution in [1.82, 2.24) is 0 Å². The summed E-state index contributed by atoms with van der Waals surface area (Å²) in [5.74, 6) is 0. The van der Waals surface area contributed by atoms with Crippen molar-refractivity contribution in [2.45, 2.75) is 13.8 Å². The van der Waals surface area contributed by atoms with Crippen LogP contribution in [0.25, 0.3) is 22.1 Å². The highest BCUT2D eigenvalue weighted by Crippen LogP contribution is 2.23. The van der Waals surface area contributed by atoms with Crippen molar-refractivity contribution >= 4 is 22.6 Å². The van der Waals surface area contributed by atoms with Gasteiger partial charge >= 0.3 is 0 Å². The van der Waals surface area contributed by atoms with Crippen molar-refractivity contribution in [2.75, 3.05) is 0 Å². The number of fused-ring (bicyclic) bond motifs is 1. The predicted octanol–water partition coefficient (Wildman–Crippen LogP) is 4.73. The first-order valence-corrected chi connectivity index (χ1v) is 6.72. The monoisotopic (exact) mass is 284 g/mol. The van der Waals surface area contributed by atoms with E-state index in [-0.39, 0.29) is 5.43 Å². The molecule has 0 unspecified atom stereocenters. The molecule has 0 N–H and O–H groups in total. The molecule has 0 aliphatic rings. The Labute approximate surface area is 121 Å². The molecule has 0 bridgehead atoms. The van der Waals surface area contributed by atoms with E-state index < -0.39 is 0 Å². The Balaban J connectivity index is 2.32. The van der Waals surface area contributed by atoms with Crippen LogP contribution >= 0.6 is 11.6 Å². The molecule has 0 saturated carbocycles. The molecule has 2 aromatic carbocycles. The molecule has 100 valence electrons. The maximum Gasteiger partial charge on any atom is 0.200 e. The molecular weight excluding hydrogens is 272 g/mol. The summed E-state index contributed by atoms with van der Waals surface area (Å²) in [6.45, 7) is 4.02. The second kappa shape index (κ2) is 4.80. The third-order valence-corrected chi connectivity index (χ3v) is 3.50. The highest BCUT2D eigenvalue weighted by Gasteiger charge is 2.10. The lowest BCUT2D eigenvalue weighted by atomic mass is 10.0. The molecule has 0 spiro atoms. The number of halogens is 1. The van der Waals surface area contributed by atoms with E-state index in [0.717, 1.165) is 16.7 Å². The molecule has 0 amide bonds. The van der Waals surface area contributed by atoms with Gasteiger partial charge in [0.15, 0.2) is 0 Å². The number of hydrogen-bond donors (Lipinski definition) is 0. The van der Waals surface area contributed by atoms with E-state index >= 15 is 0 Å². The van der Waals surface area contributed by atoms with Crippen LogP contribution in [0.2, 0.25) is 5.02 Å². The highest BCUT2D eigenvalue weighted by molar-refractivity contribution is 6.31. The minimum Gasteiger partial charge on any atom is -0.463 e. The molecular formula is C17H13ClO2. The van der Waals surface area contributed by atoms with Crippen molar-refractivity contribution in [3.05, 3.63) is 69.0 Å². The fourth-order valence-electron chi connectivity index (χ4n) is 2.43. The van der Waals surface area contributed by atoms with Crippen LogP contribution < -0.4 is 5.43 Å². The number of aryl methyl sites for hydroxylation is 2. The Bertz CT molecular complexity index is 842. The Kier molecular flexibility index (Phi) is 3.11. The van der Waals surface area contributed by atoms with Crippen molar-refractivity contribution in [3.63, 3.8) is 0 Å². The van der Waals surface area contributed by atoms with Crippen LogP contribution in [0, 0.1) is 13.8 Å². The van der Waals surface area contributed by atoms with Crippen LogP contribution in [0.3, 0.4) is 0 Å². The molecule has 2 nitrogen and oxygen atoms in total. The van der Waals surface area contributed by atoms with Gasteiger partial charge in [-0.15, -0.1) is 0 Å². The summed E-state index contributed by atoms with van der Waals surface area (Å²) in [5.41, 5.74) is 4.16. The molecule has 0 aliphatic heterocycles. The largest absolute Gasteiger partial charge is 0.463 e. The zero-order valence-corrected chi connectivity index (χ0v) is 12.0. The summed E-state index contributed by atoms with van der Waals surface area (Å²) in [6.07, 6.45) is 1.52. The minimum atomic E-state index is -0.0567. The van der Waals surface area contributed by atoms with Crippen LogP contribution in [0.1, 0.15) is 11.1 Å². The summed E-state index contributed by atoms with van der Waals surface area (Å²) < 4.78 is 5.55. The van der Waals surface area contributed by atoms with Crippen molar-refractivity contribution < 1.29 is 4.42 Å². The second-order valence-corrected chi connectivity index (χ2v) is 5.43. The third-order valence-electron chi connectivity index (χ3n) is 3.27. The Hall–Kier alpha value is -2.06. The smallest absolute Gasteiger partial charge is 0.200 e. The topological polar surface area (TPSA) is 30.2 Å². The Morgan fingerprint density at radius 3 is 2.40 bits per heavy atom. The van der Waals surface area contributed by atoms with Gasteiger partial charge in [0.2, 0.25) is 5.43 Å². The first kappa shape index (κ1) is 12.9. The maximum atomic E-state index is 12.6. The fraction of sp³-hybridized carbons (Fsp3) is 0.118. The summed E-state index contributed by atoms with van der Waals surface area (Å²) >= 11 is 5.96. The van der Waals surface area contributed by atoms with E-state index in [1.807, 2.05) is 26.0 Å². The lowest BCUT2D eigenvalue weighted by molar-refractivity contribution is 0.604. The highest BCUT2D eigenvalue weighted by atomic mass is 35.5. The van der Waals surface area contributed by atoms with Crippen LogP contribution in [-0.4, -0.2) is 0 Å². The zero-order chi connectivity index (χ0) is 14.3. The molecule has 3 rings (SSSR count). The van der Waals surface area contributed by atoms with Gasteiger partial charge in [-0.25, -0.2) is 0 Å². The van der Waals surface area contributed by atoms with Crippen LogP contribution in [0.5, 0.6) is 0 Å². The van der Waals surface area contributed by atoms with Gasteiger partial charge in [0, 0.05) is 5.02 Å². The average Bonchev–Trinajstić information content (AvgIpc) is 2.38. The fourth-order valence-corrected chi connectivity index (χ4v) is 2.60. The van der Waals surface area contributed by atoms with Crippen molar-refractivity contribution in [1.29, 1.82) is 0 Å². The van der Waals surface area contributed by atoms with Gasteiger partial charge in [-0.05, 0) is 37.6 Å². The predicted molar refractivity (Wildman–Crippen MR) is 82.4 cm³/mol. The molecule has 0 fully saturated rings. The maximum absolute atomic E-state index is 12.6. The summed E-state index contributed by atoms with van der Waals surface area (Å²) in [7, 11) is 0. The van der Waals surface area contributed by atoms with Crippen LogP contribution in [0.15, 0.2) is 51.9 Å². The van der Waals surface area contributed by atoms with Gasteiger partial charge in [0.25, 0.3) is 0 Å². The summed E-state index contributed by atoms with van der Waals surface area (Å²) in [4.78, 5) is 12.6. The molecule has 3 aromatic rings. The molecule has 0 saturated heterocycles. The first-order chi connectivity index (χ1) is 9.54. The van der Waals surface area contributed by atoms with Gasteiger partial charge < -0.3 is 4.42 Å².